The van der Waals surface area contributed by atoms with Crippen molar-refractivity contribution in [1.29, 1.82) is 0 Å². The van der Waals surface area contributed by atoms with Crippen LogP contribution >= 0.6 is 0 Å². The van der Waals surface area contributed by atoms with Crippen molar-refractivity contribution >= 4 is 0 Å². The molecule has 0 aliphatic carbocycles. The Morgan fingerprint density at radius 3 is 2.08 bits per heavy atom. The zero-order valence-electron chi connectivity index (χ0n) is 13.7. The Morgan fingerprint density at radius 2 is 1.50 bits per heavy atom. The molecule has 2 heterocycles. The van der Waals surface area contributed by atoms with Gasteiger partial charge in [-0.15, -0.1) is 0 Å². The van der Waals surface area contributed by atoms with Gasteiger partial charge in [0.1, 0.15) is 17.8 Å². The van der Waals surface area contributed by atoms with Gasteiger partial charge in [-0.2, -0.15) is 0 Å². The number of imidazole rings is 1. The molecule has 0 spiro atoms. The molecule has 3 nitrogen and oxygen atoms in total. The van der Waals surface area contributed by atoms with Crippen LogP contribution in [-0.4, -0.2) is 9.55 Å². The van der Waals surface area contributed by atoms with Gasteiger partial charge in [-0.3, -0.25) is 0 Å². The summed E-state index contributed by atoms with van der Waals surface area (Å²) >= 11 is 0. The summed E-state index contributed by atoms with van der Waals surface area (Å²) in [7, 11) is 2.03. The number of nitrogens with zero attached hydrogens (tertiary/aromatic N) is 2. The first-order valence-corrected chi connectivity index (χ1v) is 7.96. The maximum atomic E-state index is 6.00. The van der Waals surface area contributed by atoms with Gasteiger partial charge >= 0.3 is 0 Å². The summed E-state index contributed by atoms with van der Waals surface area (Å²) in [5.74, 6) is 1.79. The molecule has 0 bridgehead atoms. The Hall–Kier alpha value is -3.07. The van der Waals surface area contributed by atoms with Crippen LogP contribution in [0.3, 0.4) is 0 Å². The molecule has 0 atom stereocenters. The van der Waals surface area contributed by atoms with Gasteiger partial charge in [0.05, 0.1) is 5.56 Å². The van der Waals surface area contributed by atoms with Crippen molar-refractivity contribution in [1.82, 2.24) is 9.55 Å². The lowest BCUT2D eigenvalue weighted by Gasteiger charge is -2.07. The molecular weight excluding hydrogens is 296 g/mol. The van der Waals surface area contributed by atoms with Crippen LogP contribution in [-0.2, 0) is 7.05 Å². The highest BCUT2D eigenvalue weighted by Crippen LogP contribution is 2.41. The fourth-order valence-corrected chi connectivity index (χ4v) is 2.96. The summed E-state index contributed by atoms with van der Waals surface area (Å²) in [6, 6.07) is 20.5. The number of aryl methyl sites for hydroxylation is 1. The number of rotatable bonds is 3. The predicted molar refractivity (Wildman–Crippen MR) is 96.5 cm³/mol. The van der Waals surface area contributed by atoms with Crippen LogP contribution < -0.4 is 0 Å². The van der Waals surface area contributed by atoms with E-state index in [1.165, 1.54) is 0 Å². The second kappa shape index (κ2) is 5.85. The summed E-state index contributed by atoms with van der Waals surface area (Å²) in [6.07, 6.45) is 3.70. The third-order valence-electron chi connectivity index (χ3n) is 4.35. The molecule has 0 aliphatic heterocycles. The van der Waals surface area contributed by atoms with Gasteiger partial charge < -0.3 is 8.98 Å². The van der Waals surface area contributed by atoms with E-state index >= 15 is 0 Å². The highest BCUT2D eigenvalue weighted by atomic mass is 16.3. The molecule has 2 aromatic carbocycles. The molecule has 118 valence electrons. The van der Waals surface area contributed by atoms with E-state index in [9.17, 15) is 0 Å². The lowest BCUT2D eigenvalue weighted by atomic mass is 9.98. The van der Waals surface area contributed by atoms with Crippen molar-refractivity contribution in [3.05, 3.63) is 78.8 Å². The lowest BCUT2D eigenvalue weighted by molar-refractivity contribution is 0.583. The molecule has 4 rings (SSSR count). The minimum atomic E-state index is 0.873. The Labute approximate surface area is 141 Å². The molecule has 0 amide bonds. The Kier molecular flexibility index (Phi) is 3.54. The lowest BCUT2D eigenvalue weighted by Crippen LogP contribution is -1.95. The fourth-order valence-electron chi connectivity index (χ4n) is 2.96. The predicted octanol–water partition coefficient (Wildman–Crippen LogP) is 5.32. The van der Waals surface area contributed by atoms with Gasteiger partial charge in [-0.1, -0.05) is 60.7 Å². The van der Waals surface area contributed by atoms with Gasteiger partial charge in [-0.05, 0) is 12.5 Å². The molecule has 0 saturated carbocycles. The normalized spacial score (nSPS) is 10.9. The van der Waals surface area contributed by atoms with Gasteiger partial charge in [0.15, 0.2) is 0 Å². The fraction of sp³-hybridized carbons (Fsp3) is 0.0952. The van der Waals surface area contributed by atoms with Crippen LogP contribution in [0, 0.1) is 6.92 Å². The van der Waals surface area contributed by atoms with E-state index in [0.29, 0.717) is 0 Å². The monoisotopic (exact) mass is 314 g/mol. The van der Waals surface area contributed by atoms with Crippen molar-refractivity contribution in [2.24, 2.45) is 7.05 Å². The smallest absolute Gasteiger partial charge is 0.143 e. The van der Waals surface area contributed by atoms with Crippen molar-refractivity contribution in [3.63, 3.8) is 0 Å². The summed E-state index contributed by atoms with van der Waals surface area (Å²) in [5.41, 5.74) is 5.40. The van der Waals surface area contributed by atoms with Gasteiger partial charge in [0.2, 0.25) is 0 Å². The molecule has 0 N–H and O–H groups in total. The van der Waals surface area contributed by atoms with Crippen molar-refractivity contribution < 1.29 is 4.42 Å². The van der Waals surface area contributed by atoms with Crippen molar-refractivity contribution in [2.75, 3.05) is 0 Å². The number of furan rings is 1. The second-order valence-corrected chi connectivity index (χ2v) is 5.87. The average Bonchev–Trinajstić information content (AvgIpc) is 3.21. The minimum Gasteiger partial charge on any atom is -0.463 e. The third kappa shape index (κ3) is 2.35. The van der Waals surface area contributed by atoms with Gasteiger partial charge in [0, 0.05) is 30.1 Å². The largest absolute Gasteiger partial charge is 0.463 e. The molecule has 0 unspecified atom stereocenters. The quantitative estimate of drug-likeness (QED) is 0.512. The van der Waals surface area contributed by atoms with Crippen LogP contribution in [0.2, 0.25) is 0 Å². The van der Waals surface area contributed by atoms with Crippen LogP contribution in [0.15, 0.2) is 77.5 Å². The zero-order valence-corrected chi connectivity index (χ0v) is 13.7. The van der Waals surface area contributed by atoms with Crippen molar-refractivity contribution in [2.45, 2.75) is 6.92 Å². The summed E-state index contributed by atoms with van der Waals surface area (Å²) in [4.78, 5) is 4.58. The molecule has 0 aliphatic rings. The van der Waals surface area contributed by atoms with E-state index < -0.39 is 0 Å². The van der Waals surface area contributed by atoms with Crippen LogP contribution in [0.4, 0.5) is 0 Å². The first kappa shape index (κ1) is 14.5. The van der Waals surface area contributed by atoms with Crippen molar-refractivity contribution in [3.8, 4) is 33.8 Å². The molecular formula is C21H18N2O. The SMILES string of the molecule is Cc1cnc(-c2coc(-c3ccccc3)c2-c2ccccc2)n1C. The average molecular weight is 314 g/mol. The Morgan fingerprint density at radius 1 is 0.875 bits per heavy atom. The van der Waals surface area contributed by atoms with E-state index in [-0.39, 0.29) is 0 Å². The highest BCUT2D eigenvalue weighted by Gasteiger charge is 2.21. The van der Waals surface area contributed by atoms with E-state index in [4.69, 9.17) is 4.42 Å². The third-order valence-corrected chi connectivity index (χ3v) is 4.35. The number of hydrogen-bond donors (Lipinski definition) is 0. The first-order chi connectivity index (χ1) is 11.8. The summed E-state index contributed by atoms with van der Waals surface area (Å²) in [5, 5.41) is 0. The summed E-state index contributed by atoms with van der Waals surface area (Å²) in [6.45, 7) is 2.05. The molecule has 24 heavy (non-hydrogen) atoms. The maximum Gasteiger partial charge on any atom is 0.143 e. The zero-order chi connectivity index (χ0) is 16.5. The van der Waals surface area contributed by atoms with E-state index in [0.717, 1.165) is 39.5 Å². The van der Waals surface area contributed by atoms with Crippen LogP contribution in [0.1, 0.15) is 5.69 Å². The number of benzene rings is 2. The molecule has 0 saturated heterocycles. The standard InChI is InChI=1S/C21H18N2O/c1-15-13-22-21(23(15)2)18-14-24-20(17-11-7-4-8-12-17)19(18)16-9-5-3-6-10-16/h3-14H,1-2H3. The summed E-state index contributed by atoms with van der Waals surface area (Å²) < 4.78 is 8.09. The minimum absolute atomic E-state index is 0.873. The number of hydrogen-bond acceptors (Lipinski definition) is 2. The molecule has 4 aromatic rings. The topological polar surface area (TPSA) is 31.0 Å². The Balaban J connectivity index is 1.99. The van der Waals surface area contributed by atoms with Gasteiger partial charge in [-0.25, -0.2) is 4.98 Å². The second-order valence-electron chi connectivity index (χ2n) is 5.87. The molecule has 0 radical (unpaired) electrons. The maximum absolute atomic E-state index is 6.00. The van der Waals surface area contributed by atoms with Crippen LogP contribution in [0.25, 0.3) is 33.8 Å². The Bertz CT molecular complexity index is 966. The van der Waals surface area contributed by atoms with E-state index in [1.807, 2.05) is 55.9 Å². The number of aromatic nitrogens is 2. The van der Waals surface area contributed by atoms with Gasteiger partial charge in [0.25, 0.3) is 0 Å². The highest BCUT2D eigenvalue weighted by molar-refractivity contribution is 5.90. The van der Waals surface area contributed by atoms with E-state index in [1.54, 1.807) is 0 Å². The molecule has 3 heteroatoms. The molecule has 2 aromatic heterocycles. The van der Waals surface area contributed by atoms with E-state index in [2.05, 4.69) is 40.7 Å². The van der Waals surface area contributed by atoms with Crippen LogP contribution in [0.5, 0.6) is 0 Å². The first-order valence-electron chi connectivity index (χ1n) is 7.96. The molecule has 0 fully saturated rings.